The van der Waals surface area contributed by atoms with Crippen molar-refractivity contribution in [3.8, 4) is 0 Å². The molecule has 0 spiro atoms. The summed E-state index contributed by atoms with van der Waals surface area (Å²) >= 11 is 6.12. The molecular formula is C11H11ClN2O2. The SMILES string of the molecule is Cc1c(Cl)c(C)c2c(=O)[nH][nH]c(=O)c2c1C. The summed E-state index contributed by atoms with van der Waals surface area (Å²) < 4.78 is 0. The summed E-state index contributed by atoms with van der Waals surface area (Å²) in [5.74, 6) is 0. The molecule has 1 aromatic carbocycles. The topological polar surface area (TPSA) is 65.7 Å². The van der Waals surface area contributed by atoms with E-state index in [2.05, 4.69) is 10.2 Å². The van der Waals surface area contributed by atoms with Gasteiger partial charge in [-0.1, -0.05) is 11.6 Å². The average Bonchev–Trinajstić information content (AvgIpc) is 2.26. The maximum absolute atomic E-state index is 11.7. The second-order valence-electron chi connectivity index (χ2n) is 3.85. The van der Waals surface area contributed by atoms with Crippen molar-refractivity contribution >= 4 is 22.4 Å². The molecule has 2 rings (SSSR count). The van der Waals surface area contributed by atoms with Gasteiger partial charge in [0, 0.05) is 5.02 Å². The fourth-order valence-electron chi connectivity index (χ4n) is 1.92. The highest BCUT2D eigenvalue weighted by molar-refractivity contribution is 6.33. The molecule has 0 amide bonds. The van der Waals surface area contributed by atoms with Crippen LogP contribution in [-0.4, -0.2) is 10.2 Å². The van der Waals surface area contributed by atoms with Crippen molar-refractivity contribution in [2.24, 2.45) is 0 Å². The molecule has 0 unspecified atom stereocenters. The van der Waals surface area contributed by atoms with Crippen LogP contribution in [0.5, 0.6) is 0 Å². The summed E-state index contributed by atoms with van der Waals surface area (Å²) in [6.07, 6.45) is 0. The molecule has 0 atom stereocenters. The Labute approximate surface area is 96.2 Å². The van der Waals surface area contributed by atoms with Gasteiger partial charge in [-0.2, -0.15) is 0 Å². The quantitative estimate of drug-likeness (QED) is 0.735. The predicted molar refractivity (Wildman–Crippen MR) is 64.4 cm³/mol. The zero-order valence-corrected chi connectivity index (χ0v) is 9.95. The number of aromatic nitrogens is 2. The predicted octanol–water partition coefficient (Wildman–Crippen LogP) is 1.80. The molecule has 0 radical (unpaired) electrons. The molecule has 0 aliphatic rings. The summed E-state index contributed by atoms with van der Waals surface area (Å²) in [6.45, 7) is 5.37. The van der Waals surface area contributed by atoms with Gasteiger partial charge in [0.25, 0.3) is 11.1 Å². The van der Waals surface area contributed by atoms with Crippen LogP contribution in [0.3, 0.4) is 0 Å². The zero-order valence-electron chi connectivity index (χ0n) is 9.19. The first kappa shape index (κ1) is 11.0. The van der Waals surface area contributed by atoms with Crippen molar-refractivity contribution in [2.75, 3.05) is 0 Å². The second-order valence-corrected chi connectivity index (χ2v) is 4.23. The third-order valence-electron chi connectivity index (χ3n) is 2.96. The summed E-state index contributed by atoms with van der Waals surface area (Å²) in [6, 6.07) is 0. The van der Waals surface area contributed by atoms with Gasteiger partial charge in [0.2, 0.25) is 0 Å². The van der Waals surface area contributed by atoms with Crippen molar-refractivity contribution < 1.29 is 0 Å². The van der Waals surface area contributed by atoms with Gasteiger partial charge in [-0.15, -0.1) is 0 Å². The van der Waals surface area contributed by atoms with E-state index in [1.165, 1.54) is 0 Å². The number of aryl methyl sites for hydroxylation is 2. The number of H-pyrrole nitrogens is 2. The normalized spacial score (nSPS) is 11.0. The molecule has 1 heterocycles. The molecule has 0 saturated heterocycles. The van der Waals surface area contributed by atoms with Crippen LogP contribution >= 0.6 is 11.6 Å². The molecule has 0 bridgehead atoms. The highest BCUT2D eigenvalue weighted by Crippen LogP contribution is 2.28. The largest absolute Gasteiger partial charge is 0.270 e. The lowest BCUT2D eigenvalue weighted by Crippen LogP contribution is -2.21. The molecule has 2 N–H and O–H groups in total. The first-order valence-electron chi connectivity index (χ1n) is 4.85. The molecule has 0 saturated carbocycles. The standard InChI is InChI=1S/C11H11ClN2O2/c1-4-5(2)9(12)6(3)8-7(4)10(15)13-14-11(8)16/h1-3H3,(H,13,15)(H,14,16). The Kier molecular flexibility index (Phi) is 2.39. The van der Waals surface area contributed by atoms with E-state index in [0.29, 0.717) is 21.4 Å². The molecule has 0 fully saturated rings. The summed E-state index contributed by atoms with van der Waals surface area (Å²) in [4.78, 5) is 23.4. The third kappa shape index (κ3) is 1.30. The van der Waals surface area contributed by atoms with E-state index in [1.807, 2.05) is 6.92 Å². The van der Waals surface area contributed by atoms with Gasteiger partial charge in [-0.05, 0) is 37.5 Å². The highest BCUT2D eigenvalue weighted by Gasteiger charge is 2.15. The Morgan fingerprint density at radius 1 is 0.812 bits per heavy atom. The van der Waals surface area contributed by atoms with Crippen molar-refractivity contribution in [1.29, 1.82) is 0 Å². The van der Waals surface area contributed by atoms with Crippen LogP contribution < -0.4 is 11.1 Å². The third-order valence-corrected chi connectivity index (χ3v) is 3.53. The highest BCUT2D eigenvalue weighted by atomic mass is 35.5. The minimum absolute atomic E-state index is 0.296. The number of aromatic amines is 2. The van der Waals surface area contributed by atoms with E-state index in [1.54, 1.807) is 13.8 Å². The van der Waals surface area contributed by atoms with Gasteiger partial charge in [0.05, 0.1) is 10.8 Å². The van der Waals surface area contributed by atoms with Gasteiger partial charge in [-0.3, -0.25) is 19.8 Å². The molecule has 16 heavy (non-hydrogen) atoms. The zero-order chi connectivity index (χ0) is 12.0. The number of hydrogen-bond acceptors (Lipinski definition) is 2. The number of rotatable bonds is 0. The average molecular weight is 239 g/mol. The van der Waals surface area contributed by atoms with Crippen LogP contribution in [0.1, 0.15) is 16.7 Å². The molecule has 0 aliphatic carbocycles. The first-order chi connectivity index (χ1) is 7.45. The molecule has 1 aromatic heterocycles. The summed E-state index contributed by atoms with van der Waals surface area (Å²) in [5, 5.41) is 5.96. The number of nitrogens with one attached hydrogen (secondary N) is 2. The van der Waals surface area contributed by atoms with Crippen LogP contribution in [-0.2, 0) is 0 Å². The Morgan fingerprint density at radius 3 is 1.75 bits per heavy atom. The van der Waals surface area contributed by atoms with Crippen LogP contribution in [0.15, 0.2) is 9.59 Å². The fourth-order valence-corrected chi connectivity index (χ4v) is 2.16. The Hall–Kier alpha value is -1.55. The van der Waals surface area contributed by atoms with E-state index < -0.39 is 0 Å². The van der Waals surface area contributed by atoms with E-state index in [4.69, 9.17) is 11.6 Å². The monoisotopic (exact) mass is 238 g/mol. The number of benzene rings is 1. The Morgan fingerprint density at radius 2 is 1.25 bits per heavy atom. The number of fused-ring (bicyclic) bond motifs is 1. The molecular weight excluding hydrogens is 228 g/mol. The molecule has 4 nitrogen and oxygen atoms in total. The van der Waals surface area contributed by atoms with Crippen molar-refractivity contribution in [3.05, 3.63) is 42.4 Å². The maximum atomic E-state index is 11.7. The van der Waals surface area contributed by atoms with Gasteiger partial charge in [0.15, 0.2) is 0 Å². The van der Waals surface area contributed by atoms with E-state index in [9.17, 15) is 9.59 Å². The van der Waals surface area contributed by atoms with Crippen molar-refractivity contribution in [2.45, 2.75) is 20.8 Å². The molecule has 2 aromatic rings. The molecule has 0 aliphatic heterocycles. The van der Waals surface area contributed by atoms with E-state index in [-0.39, 0.29) is 11.1 Å². The number of halogens is 1. The second kappa shape index (κ2) is 3.49. The van der Waals surface area contributed by atoms with Crippen LogP contribution in [0.25, 0.3) is 10.8 Å². The van der Waals surface area contributed by atoms with E-state index in [0.717, 1.165) is 11.1 Å². The maximum Gasteiger partial charge on any atom is 0.270 e. The van der Waals surface area contributed by atoms with Gasteiger partial charge >= 0.3 is 0 Å². The smallest absolute Gasteiger partial charge is 0.267 e. The van der Waals surface area contributed by atoms with Crippen LogP contribution in [0, 0.1) is 20.8 Å². The minimum atomic E-state index is -0.322. The Balaban J connectivity index is 3.28. The Bertz CT molecular complexity index is 637. The van der Waals surface area contributed by atoms with Crippen molar-refractivity contribution in [1.82, 2.24) is 10.2 Å². The van der Waals surface area contributed by atoms with Gasteiger partial charge in [0.1, 0.15) is 0 Å². The van der Waals surface area contributed by atoms with Crippen LogP contribution in [0.4, 0.5) is 0 Å². The summed E-state index contributed by atoms with van der Waals surface area (Å²) in [7, 11) is 0. The minimum Gasteiger partial charge on any atom is -0.267 e. The van der Waals surface area contributed by atoms with E-state index >= 15 is 0 Å². The van der Waals surface area contributed by atoms with Crippen molar-refractivity contribution in [3.63, 3.8) is 0 Å². The summed E-state index contributed by atoms with van der Waals surface area (Å²) in [5.41, 5.74) is 1.61. The van der Waals surface area contributed by atoms with Gasteiger partial charge < -0.3 is 0 Å². The van der Waals surface area contributed by atoms with Crippen LogP contribution in [0.2, 0.25) is 5.02 Å². The lowest BCUT2D eigenvalue weighted by atomic mass is 9.99. The first-order valence-corrected chi connectivity index (χ1v) is 5.23. The lowest BCUT2D eigenvalue weighted by Gasteiger charge is -2.10. The molecule has 5 heteroatoms. The molecule has 84 valence electrons. The fraction of sp³-hybridized carbons (Fsp3) is 0.273. The lowest BCUT2D eigenvalue weighted by molar-refractivity contribution is 0.972. The number of hydrogen-bond donors (Lipinski definition) is 2. The van der Waals surface area contributed by atoms with Gasteiger partial charge in [-0.25, -0.2) is 0 Å².